The van der Waals surface area contributed by atoms with Gasteiger partial charge in [-0.3, -0.25) is 0 Å². The summed E-state index contributed by atoms with van der Waals surface area (Å²) in [5, 5.41) is 1.26. The van der Waals surface area contributed by atoms with Crippen LogP contribution in [0.5, 0.6) is 0 Å². The second-order valence-electron chi connectivity index (χ2n) is 5.97. The Morgan fingerprint density at radius 3 is 2.32 bits per heavy atom. The number of hydrogen-bond donors (Lipinski definition) is 2. The third-order valence-corrected chi connectivity index (χ3v) is 4.46. The van der Waals surface area contributed by atoms with Crippen LogP contribution in [-0.4, -0.2) is 4.98 Å². The number of benzene rings is 1. The van der Waals surface area contributed by atoms with E-state index >= 15 is 0 Å². The molecule has 0 aliphatic heterocycles. The van der Waals surface area contributed by atoms with Crippen molar-refractivity contribution >= 4 is 16.6 Å². The van der Waals surface area contributed by atoms with E-state index in [1.807, 2.05) is 6.07 Å². The molecule has 1 aliphatic carbocycles. The smallest absolute Gasteiger partial charge is 0.0457 e. The van der Waals surface area contributed by atoms with Crippen LogP contribution in [-0.2, 0) is 0 Å². The zero-order valence-corrected chi connectivity index (χ0v) is 11.6. The number of nitrogen functional groups attached to an aromatic ring is 1. The van der Waals surface area contributed by atoms with E-state index in [2.05, 4.69) is 23.2 Å². The normalized spacial score (nSPS) is 18.9. The highest BCUT2D eigenvalue weighted by atomic mass is 14.7. The van der Waals surface area contributed by atoms with E-state index in [0.717, 1.165) is 5.69 Å². The Hall–Kier alpha value is -1.44. The van der Waals surface area contributed by atoms with Gasteiger partial charge in [0.05, 0.1) is 0 Å². The quantitative estimate of drug-likeness (QED) is 0.695. The third kappa shape index (κ3) is 2.94. The molecule has 19 heavy (non-hydrogen) atoms. The van der Waals surface area contributed by atoms with Gasteiger partial charge >= 0.3 is 0 Å². The van der Waals surface area contributed by atoms with E-state index in [9.17, 15) is 0 Å². The van der Waals surface area contributed by atoms with Crippen LogP contribution in [0.15, 0.2) is 24.3 Å². The van der Waals surface area contributed by atoms with Crippen molar-refractivity contribution in [2.45, 2.75) is 57.3 Å². The van der Waals surface area contributed by atoms with Gasteiger partial charge in [0.15, 0.2) is 0 Å². The van der Waals surface area contributed by atoms with Gasteiger partial charge in [-0.1, -0.05) is 38.5 Å². The number of fused-ring (bicyclic) bond motifs is 1. The van der Waals surface area contributed by atoms with Crippen LogP contribution >= 0.6 is 0 Å². The molecule has 1 saturated carbocycles. The number of rotatable bonds is 1. The molecule has 1 fully saturated rings. The number of aromatic amines is 1. The summed E-state index contributed by atoms with van der Waals surface area (Å²) in [6, 6.07) is 8.47. The number of H-pyrrole nitrogens is 1. The Kier molecular flexibility index (Phi) is 3.77. The van der Waals surface area contributed by atoms with Crippen LogP contribution in [0.2, 0.25) is 0 Å². The standard InChI is InChI=1S/C17H24N2/c18-15-9-10-16-14(11-15)12-17(19-16)13-7-5-3-1-2-4-6-8-13/h9-13,19H,1-8,18H2. The van der Waals surface area contributed by atoms with Gasteiger partial charge in [0.1, 0.15) is 0 Å². The lowest BCUT2D eigenvalue weighted by Crippen LogP contribution is -1.99. The summed E-state index contributed by atoms with van der Waals surface area (Å²) in [6.45, 7) is 0. The minimum Gasteiger partial charge on any atom is -0.399 e. The highest BCUT2D eigenvalue weighted by Gasteiger charge is 2.15. The maximum absolute atomic E-state index is 5.86. The van der Waals surface area contributed by atoms with Crippen LogP contribution in [0.1, 0.15) is 63.0 Å². The first-order valence-electron chi connectivity index (χ1n) is 7.71. The second kappa shape index (κ2) is 5.68. The number of nitrogens with one attached hydrogen (secondary N) is 1. The fourth-order valence-corrected chi connectivity index (χ4v) is 3.34. The number of nitrogens with two attached hydrogens (primary N) is 1. The van der Waals surface area contributed by atoms with E-state index in [-0.39, 0.29) is 0 Å². The Morgan fingerprint density at radius 1 is 0.895 bits per heavy atom. The van der Waals surface area contributed by atoms with Gasteiger partial charge < -0.3 is 10.7 Å². The van der Waals surface area contributed by atoms with Crippen molar-refractivity contribution in [1.29, 1.82) is 0 Å². The summed E-state index contributed by atoms with van der Waals surface area (Å²) in [5.41, 5.74) is 9.36. The first kappa shape index (κ1) is 12.6. The molecular weight excluding hydrogens is 232 g/mol. The Balaban J connectivity index is 1.84. The average Bonchev–Trinajstić information content (AvgIpc) is 2.85. The molecule has 2 aromatic rings. The van der Waals surface area contributed by atoms with Crippen molar-refractivity contribution in [2.75, 3.05) is 5.73 Å². The molecular formula is C17H24N2. The predicted molar refractivity (Wildman–Crippen MR) is 82.4 cm³/mol. The van der Waals surface area contributed by atoms with Crippen molar-refractivity contribution in [2.24, 2.45) is 0 Å². The maximum atomic E-state index is 5.86. The van der Waals surface area contributed by atoms with Gasteiger partial charge in [-0.05, 0) is 43.0 Å². The van der Waals surface area contributed by atoms with Gasteiger partial charge in [0.2, 0.25) is 0 Å². The molecule has 102 valence electrons. The molecule has 2 nitrogen and oxygen atoms in total. The monoisotopic (exact) mass is 256 g/mol. The summed E-state index contributed by atoms with van der Waals surface area (Å²) >= 11 is 0. The lowest BCUT2D eigenvalue weighted by atomic mass is 9.94. The minimum absolute atomic E-state index is 0.715. The molecule has 0 saturated heterocycles. The number of aromatic nitrogens is 1. The summed E-state index contributed by atoms with van der Waals surface area (Å²) in [4.78, 5) is 3.61. The lowest BCUT2D eigenvalue weighted by Gasteiger charge is -2.14. The van der Waals surface area contributed by atoms with Gasteiger partial charge in [-0.25, -0.2) is 0 Å². The molecule has 0 radical (unpaired) electrons. The van der Waals surface area contributed by atoms with Gasteiger partial charge in [0.25, 0.3) is 0 Å². The summed E-state index contributed by atoms with van der Waals surface area (Å²) in [6.07, 6.45) is 11.1. The highest BCUT2D eigenvalue weighted by Crippen LogP contribution is 2.32. The van der Waals surface area contributed by atoms with Crippen molar-refractivity contribution in [3.05, 3.63) is 30.0 Å². The fraction of sp³-hybridized carbons (Fsp3) is 0.529. The van der Waals surface area contributed by atoms with Gasteiger partial charge in [-0.15, -0.1) is 0 Å². The van der Waals surface area contributed by atoms with Crippen molar-refractivity contribution in [3.8, 4) is 0 Å². The molecule has 1 aliphatic rings. The van der Waals surface area contributed by atoms with Crippen molar-refractivity contribution < 1.29 is 0 Å². The first-order chi connectivity index (χ1) is 9.33. The molecule has 1 aromatic heterocycles. The molecule has 3 N–H and O–H groups in total. The third-order valence-electron chi connectivity index (χ3n) is 4.46. The van der Waals surface area contributed by atoms with E-state index in [1.165, 1.54) is 68.0 Å². The summed E-state index contributed by atoms with van der Waals surface area (Å²) in [5.74, 6) is 0.715. The Morgan fingerprint density at radius 2 is 1.58 bits per heavy atom. The number of anilines is 1. The largest absolute Gasteiger partial charge is 0.399 e. The summed E-state index contributed by atoms with van der Waals surface area (Å²) in [7, 11) is 0. The van der Waals surface area contributed by atoms with Crippen LogP contribution < -0.4 is 5.73 Å². The molecule has 0 spiro atoms. The summed E-state index contributed by atoms with van der Waals surface area (Å²) < 4.78 is 0. The highest BCUT2D eigenvalue weighted by molar-refractivity contribution is 5.83. The number of hydrogen-bond acceptors (Lipinski definition) is 1. The lowest BCUT2D eigenvalue weighted by molar-refractivity contribution is 0.531. The molecule has 0 unspecified atom stereocenters. The first-order valence-corrected chi connectivity index (χ1v) is 7.71. The molecule has 2 heteroatoms. The Labute approximate surface area is 115 Å². The maximum Gasteiger partial charge on any atom is 0.0457 e. The average molecular weight is 256 g/mol. The predicted octanol–water partition coefficient (Wildman–Crippen LogP) is 4.97. The van der Waals surface area contributed by atoms with E-state index < -0.39 is 0 Å². The zero-order chi connectivity index (χ0) is 13.1. The molecule has 0 atom stereocenters. The molecule has 0 amide bonds. The van der Waals surface area contributed by atoms with E-state index in [1.54, 1.807) is 0 Å². The van der Waals surface area contributed by atoms with Crippen LogP contribution in [0.3, 0.4) is 0 Å². The topological polar surface area (TPSA) is 41.8 Å². The molecule has 0 bridgehead atoms. The Bertz CT molecular complexity index is 531. The van der Waals surface area contributed by atoms with Crippen molar-refractivity contribution in [1.82, 2.24) is 4.98 Å². The SMILES string of the molecule is Nc1ccc2[nH]c(C3CCCCCCCC3)cc2c1. The van der Waals surface area contributed by atoms with Gasteiger partial charge in [0, 0.05) is 22.3 Å². The fourth-order valence-electron chi connectivity index (χ4n) is 3.34. The van der Waals surface area contributed by atoms with Crippen LogP contribution in [0.4, 0.5) is 5.69 Å². The molecule has 1 aromatic carbocycles. The molecule has 3 rings (SSSR count). The van der Waals surface area contributed by atoms with Crippen molar-refractivity contribution in [3.63, 3.8) is 0 Å². The minimum atomic E-state index is 0.715. The second-order valence-corrected chi connectivity index (χ2v) is 5.97. The molecule has 1 heterocycles. The van der Waals surface area contributed by atoms with Crippen LogP contribution in [0, 0.1) is 0 Å². The zero-order valence-electron chi connectivity index (χ0n) is 11.6. The van der Waals surface area contributed by atoms with Crippen LogP contribution in [0.25, 0.3) is 10.9 Å². The van der Waals surface area contributed by atoms with E-state index in [0.29, 0.717) is 5.92 Å². The van der Waals surface area contributed by atoms with E-state index in [4.69, 9.17) is 5.73 Å². The van der Waals surface area contributed by atoms with Gasteiger partial charge in [-0.2, -0.15) is 0 Å².